The summed E-state index contributed by atoms with van der Waals surface area (Å²) in [4.78, 5) is 0. The van der Waals surface area contributed by atoms with Gasteiger partial charge in [-0.3, -0.25) is 0 Å². The van der Waals surface area contributed by atoms with Crippen molar-refractivity contribution in [1.29, 1.82) is 0 Å². The first-order valence-corrected chi connectivity index (χ1v) is 5.61. The molecule has 3 nitrogen and oxygen atoms in total. The van der Waals surface area contributed by atoms with Gasteiger partial charge in [0, 0.05) is 23.8 Å². The van der Waals surface area contributed by atoms with Gasteiger partial charge in [-0.1, -0.05) is 12.1 Å². The molecule has 0 spiro atoms. The number of benzene rings is 1. The van der Waals surface area contributed by atoms with Crippen LogP contribution >= 0.6 is 0 Å². The summed E-state index contributed by atoms with van der Waals surface area (Å²) in [5, 5.41) is 10.5. The molecule has 86 valence electrons. The minimum Gasteiger partial charge on any atom is -0.390 e. The van der Waals surface area contributed by atoms with E-state index in [2.05, 4.69) is 30.5 Å². The largest absolute Gasteiger partial charge is 0.390 e. The Hall–Kier alpha value is -1.32. The Labute approximate surface area is 95.5 Å². The number of hydrogen-bond donors (Lipinski definition) is 2. The summed E-state index contributed by atoms with van der Waals surface area (Å²) in [6.07, 6.45) is 0. The molecular formula is C13H18N2O. The second-order valence-corrected chi connectivity index (χ2v) is 4.35. The standard InChI is InChI=1S/C13H18N2O/c1-9(2)15-12(8-16)6-11-4-3-10(7-14)5-13(11)15/h3-6,9,16H,7-8,14H2,1-2H3. The minimum atomic E-state index is 0.0742. The Morgan fingerprint density at radius 1 is 1.31 bits per heavy atom. The lowest BCUT2D eigenvalue weighted by Gasteiger charge is -2.13. The highest BCUT2D eigenvalue weighted by molar-refractivity contribution is 5.82. The monoisotopic (exact) mass is 218 g/mol. The smallest absolute Gasteiger partial charge is 0.0833 e. The summed E-state index contributed by atoms with van der Waals surface area (Å²) in [7, 11) is 0. The molecule has 0 radical (unpaired) electrons. The highest BCUT2D eigenvalue weighted by atomic mass is 16.3. The van der Waals surface area contributed by atoms with Crippen LogP contribution in [0.5, 0.6) is 0 Å². The van der Waals surface area contributed by atoms with Crippen molar-refractivity contribution in [3.8, 4) is 0 Å². The molecule has 2 aromatic rings. The van der Waals surface area contributed by atoms with Crippen LogP contribution in [0.2, 0.25) is 0 Å². The maximum Gasteiger partial charge on any atom is 0.0833 e. The van der Waals surface area contributed by atoms with E-state index in [1.54, 1.807) is 0 Å². The second kappa shape index (κ2) is 4.28. The minimum absolute atomic E-state index is 0.0742. The third kappa shape index (κ3) is 1.72. The van der Waals surface area contributed by atoms with Crippen molar-refractivity contribution in [2.75, 3.05) is 0 Å². The van der Waals surface area contributed by atoms with Gasteiger partial charge < -0.3 is 15.4 Å². The molecule has 0 saturated carbocycles. The summed E-state index contributed by atoms with van der Waals surface area (Å²) in [5.41, 5.74) is 8.88. The van der Waals surface area contributed by atoms with Gasteiger partial charge >= 0.3 is 0 Å². The molecular weight excluding hydrogens is 200 g/mol. The summed E-state index contributed by atoms with van der Waals surface area (Å²) in [6, 6.07) is 8.58. The molecule has 0 fully saturated rings. The number of hydrogen-bond acceptors (Lipinski definition) is 2. The predicted octanol–water partition coefficient (Wildman–Crippen LogP) is 2.17. The Kier molecular flexibility index (Phi) is 2.99. The van der Waals surface area contributed by atoms with Crippen LogP contribution in [0.1, 0.15) is 31.1 Å². The fourth-order valence-corrected chi connectivity index (χ4v) is 2.18. The maximum absolute atomic E-state index is 9.35. The highest BCUT2D eigenvalue weighted by Crippen LogP contribution is 2.25. The van der Waals surface area contributed by atoms with Crippen LogP contribution in [0.4, 0.5) is 0 Å². The summed E-state index contributed by atoms with van der Waals surface area (Å²) >= 11 is 0. The number of aliphatic hydroxyl groups is 1. The Morgan fingerprint density at radius 3 is 2.62 bits per heavy atom. The summed E-state index contributed by atoms with van der Waals surface area (Å²) < 4.78 is 2.16. The first-order valence-electron chi connectivity index (χ1n) is 5.61. The molecule has 16 heavy (non-hydrogen) atoms. The fourth-order valence-electron chi connectivity index (χ4n) is 2.18. The topological polar surface area (TPSA) is 51.2 Å². The van der Waals surface area contributed by atoms with Gasteiger partial charge in [-0.2, -0.15) is 0 Å². The van der Waals surface area contributed by atoms with E-state index < -0.39 is 0 Å². The van der Waals surface area contributed by atoms with Crippen molar-refractivity contribution in [3.05, 3.63) is 35.5 Å². The van der Waals surface area contributed by atoms with E-state index >= 15 is 0 Å². The van der Waals surface area contributed by atoms with Crippen molar-refractivity contribution in [2.24, 2.45) is 5.73 Å². The lowest BCUT2D eigenvalue weighted by Crippen LogP contribution is -2.05. The van der Waals surface area contributed by atoms with Gasteiger partial charge in [0.25, 0.3) is 0 Å². The summed E-state index contributed by atoms with van der Waals surface area (Å²) in [5.74, 6) is 0. The van der Waals surface area contributed by atoms with Gasteiger partial charge in [0.2, 0.25) is 0 Å². The molecule has 3 N–H and O–H groups in total. The van der Waals surface area contributed by atoms with Gasteiger partial charge in [0.05, 0.1) is 6.61 Å². The van der Waals surface area contributed by atoms with Crippen molar-refractivity contribution in [2.45, 2.75) is 33.0 Å². The number of nitrogens with two attached hydrogens (primary N) is 1. The van der Waals surface area contributed by atoms with Crippen molar-refractivity contribution in [3.63, 3.8) is 0 Å². The molecule has 0 aliphatic rings. The van der Waals surface area contributed by atoms with Gasteiger partial charge in [-0.25, -0.2) is 0 Å². The molecule has 0 aliphatic carbocycles. The molecule has 1 aromatic carbocycles. The highest BCUT2D eigenvalue weighted by Gasteiger charge is 2.10. The Bertz CT molecular complexity index is 500. The second-order valence-electron chi connectivity index (χ2n) is 4.35. The van der Waals surface area contributed by atoms with E-state index in [0.29, 0.717) is 12.6 Å². The lowest BCUT2D eigenvalue weighted by atomic mass is 10.1. The molecule has 0 bridgehead atoms. The average Bonchev–Trinajstić information content (AvgIpc) is 2.65. The normalized spacial score (nSPS) is 11.6. The van der Waals surface area contributed by atoms with Crippen LogP contribution in [0, 0.1) is 0 Å². The number of aromatic nitrogens is 1. The first kappa shape index (κ1) is 11.2. The Balaban J connectivity index is 2.70. The zero-order chi connectivity index (χ0) is 11.7. The molecule has 0 amide bonds. The molecule has 0 atom stereocenters. The molecule has 0 unspecified atom stereocenters. The van der Waals surface area contributed by atoms with Crippen molar-refractivity contribution in [1.82, 2.24) is 4.57 Å². The van der Waals surface area contributed by atoms with Crippen LogP contribution in [0.25, 0.3) is 10.9 Å². The van der Waals surface area contributed by atoms with Crippen LogP contribution < -0.4 is 5.73 Å². The SMILES string of the molecule is CC(C)n1c(CO)cc2ccc(CN)cc21. The van der Waals surface area contributed by atoms with Gasteiger partial charge in [-0.05, 0) is 36.9 Å². The molecule has 0 saturated heterocycles. The third-order valence-corrected chi connectivity index (χ3v) is 2.90. The number of nitrogens with zero attached hydrogens (tertiary/aromatic N) is 1. The van der Waals surface area contributed by atoms with Gasteiger partial charge in [-0.15, -0.1) is 0 Å². The Morgan fingerprint density at radius 2 is 2.06 bits per heavy atom. The lowest BCUT2D eigenvalue weighted by molar-refractivity contribution is 0.269. The van der Waals surface area contributed by atoms with Gasteiger partial charge in [0.1, 0.15) is 0 Å². The van der Waals surface area contributed by atoms with Crippen LogP contribution in [-0.4, -0.2) is 9.67 Å². The zero-order valence-electron chi connectivity index (χ0n) is 9.77. The van der Waals surface area contributed by atoms with Gasteiger partial charge in [0.15, 0.2) is 0 Å². The fraction of sp³-hybridized carbons (Fsp3) is 0.385. The van der Waals surface area contributed by atoms with Crippen LogP contribution in [-0.2, 0) is 13.2 Å². The number of rotatable bonds is 3. The van der Waals surface area contributed by atoms with E-state index in [1.807, 2.05) is 12.1 Å². The molecule has 2 rings (SSSR count). The van der Waals surface area contributed by atoms with Crippen LogP contribution in [0.3, 0.4) is 0 Å². The molecule has 3 heteroatoms. The molecule has 1 aromatic heterocycles. The van der Waals surface area contributed by atoms with Crippen molar-refractivity contribution < 1.29 is 5.11 Å². The molecule has 0 aliphatic heterocycles. The quantitative estimate of drug-likeness (QED) is 0.829. The van der Waals surface area contributed by atoms with Crippen LogP contribution in [0.15, 0.2) is 24.3 Å². The third-order valence-electron chi connectivity index (χ3n) is 2.90. The zero-order valence-corrected chi connectivity index (χ0v) is 9.77. The molecule has 1 heterocycles. The van der Waals surface area contributed by atoms with Crippen molar-refractivity contribution >= 4 is 10.9 Å². The number of aliphatic hydroxyl groups excluding tert-OH is 1. The number of fused-ring (bicyclic) bond motifs is 1. The maximum atomic E-state index is 9.35. The van der Waals surface area contributed by atoms with E-state index in [9.17, 15) is 5.11 Å². The van der Waals surface area contributed by atoms with E-state index in [0.717, 1.165) is 22.2 Å². The van der Waals surface area contributed by atoms with E-state index in [4.69, 9.17) is 5.73 Å². The summed E-state index contributed by atoms with van der Waals surface area (Å²) in [6.45, 7) is 4.86. The first-order chi connectivity index (χ1) is 7.67. The van der Waals surface area contributed by atoms with E-state index in [1.165, 1.54) is 0 Å². The average molecular weight is 218 g/mol. The predicted molar refractivity (Wildman–Crippen MR) is 66.1 cm³/mol. The van der Waals surface area contributed by atoms with E-state index in [-0.39, 0.29) is 6.61 Å².